The first-order valence-electron chi connectivity index (χ1n) is 9.00. The van der Waals surface area contributed by atoms with Crippen LogP contribution in [0, 0.1) is 0 Å². The van der Waals surface area contributed by atoms with E-state index in [1.807, 2.05) is 6.92 Å². The fourth-order valence-corrected chi connectivity index (χ4v) is 2.60. The highest BCUT2D eigenvalue weighted by atomic mass is 19.4. The first-order valence-corrected chi connectivity index (χ1v) is 9.00. The van der Waals surface area contributed by atoms with Crippen LogP contribution in [-0.4, -0.2) is 55.0 Å². The van der Waals surface area contributed by atoms with Crippen LogP contribution in [0.1, 0.15) is 33.2 Å². The summed E-state index contributed by atoms with van der Waals surface area (Å²) in [6.07, 6.45) is -4.42. The third kappa shape index (κ3) is 6.51. The zero-order chi connectivity index (χ0) is 21.6. The van der Waals surface area contributed by atoms with Gasteiger partial charge in [0.25, 0.3) is 11.8 Å². The maximum Gasteiger partial charge on any atom is 0.422 e. The van der Waals surface area contributed by atoms with Crippen molar-refractivity contribution in [3.63, 3.8) is 0 Å². The predicted octanol–water partition coefficient (Wildman–Crippen LogP) is 3.99. The number of rotatable bonds is 7. The van der Waals surface area contributed by atoms with Gasteiger partial charge in [0.05, 0.1) is 0 Å². The summed E-state index contributed by atoms with van der Waals surface area (Å²) in [7, 11) is 3.35. The lowest BCUT2D eigenvalue weighted by atomic mass is 10.1. The van der Waals surface area contributed by atoms with E-state index >= 15 is 0 Å². The summed E-state index contributed by atoms with van der Waals surface area (Å²) < 4.78 is 41.3. The summed E-state index contributed by atoms with van der Waals surface area (Å²) in [6, 6.07) is 12.6. The van der Waals surface area contributed by atoms with Crippen molar-refractivity contribution in [2.75, 3.05) is 27.2 Å². The lowest BCUT2D eigenvalue weighted by molar-refractivity contribution is -0.153. The Morgan fingerprint density at radius 2 is 1.41 bits per heavy atom. The largest absolute Gasteiger partial charge is 0.484 e. The normalized spacial score (nSPS) is 11.1. The molecule has 2 aromatic rings. The highest BCUT2D eigenvalue weighted by molar-refractivity contribution is 5.95. The molecule has 0 fully saturated rings. The van der Waals surface area contributed by atoms with Gasteiger partial charge in [0.1, 0.15) is 5.75 Å². The number of hydrogen-bond acceptors (Lipinski definition) is 3. The summed E-state index contributed by atoms with van der Waals surface area (Å²) in [5.74, 6) is -0.306. The highest BCUT2D eigenvalue weighted by Crippen LogP contribution is 2.20. The molecule has 0 unspecified atom stereocenters. The quantitative estimate of drug-likeness (QED) is 0.696. The summed E-state index contributed by atoms with van der Waals surface area (Å²) in [5.41, 5.74) is 1.77. The number of nitrogens with zero attached hydrogens (tertiary/aromatic N) is 2. The number of alkyl halides is 3. The van der Waals surface area contributed by atoms with E-state index in [9.17, 15) is 22.8 Å². The van der Waals surface area contributed by atoms with Crippen LogP contribution in [-0.2, 0) is 6.54 Å². The van der Waals surface area contributed by atoms with Gasteiger partial charge in [-0.3, -0.25) is 9.59 Å². The van der Waals surface area contributed by atoms with Gasteiger partial charge in [0.15, 0.2) is 6.61 Å². The van der Waals surface area contributed by atoms with E-state index in [2.05, 4.69) is 4.74 Å². The van der Waals surface area contributed by atoms with Gasteiger partial charge in [0, 0.05) is 38.3 Å². The molecule has 2 amide bonds. The molecule has 2 aromatic carbocycles. The average molecular weight is 408 g/mol. The molecule has 5 nitrogen and oxygen atoms in total. The van der Waals surface area contributed by atoms with E-state index in [1.165, 1.54) is 29.2 Å². The van der Waals surface area contributed by atoms with Gasteiger partial charge in [-0.15, -0.1) is 0 Å². The maximum absolute atomic E-state index is 12.7. The Morgan fingerprint density at radius 3 is 1.90 bits per heavy atom. The molecule has 0 aliphatic rings. The molecule has 2 rings (SSSR count). The van der Waals surface area contributed by atoms with Gasteiger partial charge in [-0.25, -0.2) is 0 Å². The van der Waals surface area contributed by atoms with Gasteiger partial charge in [-0.1, -0.05) is 12.1 Å². The van der Waals surface area contributed by atoms with Crippen molar-refractivity contribution < 1.29 is 27.5 Å². The van der Waals surface area contributed by atoms with E-state index in [0.29, 0.717) is 24.2 Å². The topological polar surface area (TPSA) is 49.9 Å². The molecule has 0 aliphatic heterocycles. The molecule has 0 spiro atoms. The first kappa shape index (κ1) is 22.3. The molecular weight excluding hydrogens is 385 g/mol. The molecule has 8 heteroatoms. The molecular formula is C21H23F3N2O3. The number of hydrogen-bond donors (Lipinski definition) is 0. The number of ether oxygens (including phenoxy) is 1. The third-order valence-corrected chi connectivity index (χ3v) is 4.15. The van der Waals surface area contributed by atoms with Crippen molar-refractivity contribution in [3.05, 3.63) is 65.2 Å². The number of benzene rings is 2. The van der Waals surface area contributed by atoms with E-state index in [1.54, 1.807) is 43.3 Å². The zero-order valence-electron chi connectivity index (χ0n) is 16.5. The predicted molar refractivity (Wildman–Crippen MR) is 103 cm³/mol. The molecule has 156 valence electrons. The van der Waals surface area contributed by atoms with Crippen LogP contribution in [0.25, 0.3) is 0 Å². The van der Waals surface area contributed by atoms with Gasteiger partial charge >= 0.3 is 6.18 Å². The summed E-state index contributed by atoms with van der Waals surface area (Å²) in [4.78, 5) is 27.8. The minimum atomic E-state index is -4.42. The second-order valence-corrected chi connectivity index (χ2v) is 6.64. The molecule has 0 N–H and O–H groups in total. The smallest absolute Gasteiger partial charge is 0.422 e. The Hall–Kier alpha value is -3.03. The van der Waals surface area contributed by atoms with E-state index < -0.39 is 12.8 Å². The first-order chi connectivity index (χ1) is 13.6. The van der Waals surface area contributed by atoms with Crippen LogP contribution in [0.5, 0.6) is 5.75 Å². The third-order valence-electron chi connectivity index (χ3n) is 4.15. The van der Waals surface area contributed by atoms with Crippen LogP contribution in [0.2, 0.25) is 0 Å². The minimum absolute atomic E-state index is 0.0445. The van der Waals surface area contributed by atoms with Crippen molar-refractivity contribution in [3.8, 4) is 5.75 Å². The Labute approximate surface area is 167 Å². The fourth-order valence-electron chi connectivity index (χ4n) is 2.60. The average Bonchev–Trinajstić information content (AvgIpc) is 2.69. The molecule has 0 radical (unpaired) electrons. The second-order valence-electron chi connectivity index (χ2n) is 6.64. The number of carbonyl (C=O) groups is 2. The van der Waals surface area contributed by atoms with Crippen LogP contribution in [0.4, 0.5) is 13.2 Å². The van der Waals surface area contributed by atoms with Crippen molar-refractivity contribution in [1.29, 1.82) is 0 Å². The van der Waals surface area contributed by atoms with E-state index in [4.69, 9.17) is 0 Å². The summed E-state index contributed by atoms with van der Waals surface area (Å²) >= 11 is 0. The van der Waals surface area contributed by atoms with Gasteiger partial charge in [-0.05, 0) is 48.9 Å². The fraction of sp³-hybridized carbons (Fsp3) is 0.333. The van der Waals surface area contributed by atoms with Gasteiger partial charge in [-0.2, -0.15) is 13.2 Å². The Balaban J connectivity index is 2.04. The van der Waals surface area contributed by atoms with Gasteiger partial charge < -0.3 is 14.5 Å². The summed E-state index contributed by atoms with van der Waals surface area (Å²) in [6.45, 7) is 1.25. The molecule has 0 aliphatic carbocycles. The van der Waals surface area contributed by atoms with Crippen LogP contribution in [0.3, 0.4) is 0 Å². The molecule has 0 heterocycles. The highest BCUT2D eigenvalue weighted by Gasteiger charge is 2.28. The van der Waals surface area contributed by atoms with Crippen molar-refractivity contribution in [1.82, 2.24) is 9.80 Å². The SMILES string of the molecule is CCN(Cc1ccc(C(=O)N(C)C)cc1)C(=O)c1ccc(OCC(F)(F)F)cc1. The number of carbonyl (C=O) groups excluding carboxylic acids is 2. The zero-order valence-corrected chi connectivity index (χ0v) is 16.5. The Morgan fingerprint density at radius 1 is 0.897 bits per heavy atom. The Bertz CT molecular complexity index is 832. The second kappa shape index (κ2) is 9.45. The van der Waals surface area contributed by atoms with Crippen LogP contribution >= 0.6 is 0 Å². The molecule has 0 bridgehead atoms. The lowest BCUT2D eigenvalue weighted by Gasteiger charge is -2.21. The van der Waals surface area contributed by atoms with Crippen LogP contribution < -0.4 is 4.74 Å². The van der Waals surface area contributed by atoms with Crippen molar-refractivity contribution in [2.24, 2.45) is 0 Å². The minimum Gasteiger partial charge on any atom is -0.484 e. The van der Waals surface area contributed by atoms with E-state index in [-0.39, 0.29) is 17.6 Å². The lowest BCUT2D eigenvalue weighted by Crippen LogP contribution is -2.30. The molecule has 0 saturated carbocycles. The van der Waals surface area contributed by atoms with Crippen molar-refractivity contribution >= 4 is 11.8 Å². The maximum atomic E-state index is 12.7. The molecule has 29 heavy (non-hydrogen) atoms. The van der Waals surface area contributed by atoms with Crippen LogP contribution in [0.15, 0.2) is 48.5 Å². The van der Waals surface area contributed by atoms with Gasteiger partial charge in [0.2, 0.25) is 0 Å². The molecule has 0 saturated heterocycles. The number of amides is 2. The van der Waals surface area contributed by atoms with E-state index in [0.717, 1.165) is 5.56 Å². The number of halogens is 3. The molecule has 0 atom stereocenters. The summed E-state index contributed by atoms with van der Waals surface area (Å²) in [5, 5.41) is 0. The van der Waals surface area contributed by atoms with Crippen molar-refractivity contribution in [2.45, 2.75) is 19.6 Å². The molecule has 0 aromatic heterocycles. The monoisotopic (exact) mass is 408 g/mol. The Kier molecular flexibility index (Phi) is 7.25. The standard InChI is InChI=1S/C21H23F3N2O3/c1-4-26(13-15-5-7-16(8-6-15)19(27)25(2)3)20(28)17-9-11-18(12-10-17)29-14-21(22,23)24/h5-12H,4,13-14H2,1-3H3.